The summed E-state index contributed by atoms with van der Waals surface area (Å²) in [5.41, 5.74) is 2.78. The van der Waals surface area contributed by atoms with Crippen molar-refractivity contribution >= 4 is 0 Å². The minimum atomic E-state index is 0.516. The summed E-state index contributed by atoms with van der Waals surface area (Å²) >= 11 is 0. The van der Waals surface area contributed by atoms with Gasteiger partial charge in [-0.3, -0.25) is 4.98 Å². The van der Waals surface area contributed by atoms with E-state index >= 15 is 0 Å². The topological polar surface area (TPSA) is 24.9 Å². The molecule has 0 amide bonds. The van der Waals surface area contributed by atoms with Crippen LogP contribution < -0.4 is 5.32 Å². The molecule has 0 aliphatic heterocycles. The van der Waals surface area contributed by atoms with Crippen LogP contribution in [0.4, 0.5) is 0 Å². The number of hydrogen-bond acceptors (Lipinski definition) is 2. The Labute approximate surface area is 105 Å². The third-order valence-corrected chi connectivity index (χ3v) is 3.86. The highest BCUT2D eigenvalue weighted by Gasteiger charge is 2.25. The van der Waals surface area contributed by atoms with Crippen LogP contribution in [0.25, 0.3) is 0 Å². The summed E-state index contributed by atoms with van der Waals surface area (Å²) in [5, 5.41) is 3.58. The van der Waals surface area contributed by atoms with Crippen LogP contribution >= 0.6 is 0 Å². The van der Waals surface area contributed by atoms with Crippen molar-refractivity contribution in [3.05, 3.63) is 29.6 Å². The van der Waals surface area contributed by atoms with Crippen LogP contribution in [0.15, 0.2) is 18.2 Å². The van der Waals surface area contributed by atoms with Gasteiger partial charge in [-0.25, -0.2) is 0 Å². The van der Waals surface area contributed by atoms with Gasteiger partial charge in [-0.1, -0.05) is 32.3 Å². The molecule has 2 nitrogen and oxygen atoms in total. The molecule has 94 valence electrons. The van der Waals surface area contributed by atoms with Crippen LogP contribution in [0.1, 0.15) is 50.4 Å². The van der Waals surface area contributed by atoms with Crippen molar-refractivity contribution in [1.82, 2.24) is 10.3 Å². The maximum atomic E-state index is 4.52. The summed E-state index contributed by atoms with van der Waals surface area (Å²) in [4.78, 5) is 4.52. The zero-order chi connectivity index (χ0) is 12.1. The fraction of sp³-hybridized carbons (Fsp3) is 0.667. The summed E-state index contributed by atoms with van der Waals surface area (Å²) in [7, 11) is 0. The van der Waals surface area contributed by atoms with Crippen LogP contribution in [-0.4, -0.2) is 11.5 Å². The van der Waals surface area contributed by atoms with Gasteiger partial charge in [0.25, 0.3) is 0 Å². The molecule has 1 fully saturated rings. The number of aromatic nitrogens is 1. The Kier molecular flexibility index (Phi) is 4.16. The number of nitrogens with zero attached hydrogens (tertiary/aromatic N) is 1. The van der Waals surface area contributed by atoms with Crippen molar-refractivity contribution in [1.29, 1.82) is 0 Å². The van der Waals surface area contributed by atoms with Crippen molar-refractivity contribution in [2.45, 2.75) is 52.5 Å². The number of pyridine rings is 1. The molecule has 17 heavy (non-hydrogen) atoms. The number of nitrogens with one attached hydrogen (secondary N) is 1. The second-order valence-corrected chi connectivity index (χ2v) is 5.75. The van der Waals surface area contributed by atoms with Crippen LogP contribution in [0.3, 0.4) is 0 Å². The molecule has 1 heterocycles. The third kappa shape index (κ3) is 3.81. The average Bonchev–Trinajstić information content (AvgIpc) is 2.30. The Morgan fingerprint density at radius 3 is 2.71 bits per heavy atom. The SMILES string of the molecule is Cc1cccc(CNCC2(C)CCCCC2)n1. The van der Waals surface area contributed by atoms with Crippen LogP contribution in [0, 0.1) is 12.3 Å². The molecule has 0 radical (unpaired) electrons. The molecule has 0 unspecified atom stereocenters. The molecule has 1 aliphatic rings. The molecule has 1 aromatic rings. The highest BCUT2D eigenvalue weighted by atomic mass is 14.9. The van der Waals surface area contributed by atoms with E-state index in [-0.39, 0.29) is 0 Å². The predicted octanol–water partition coefficient (Wildman–Crippen LogP) is 3.45. The van der Waals surface area contributed by atoms with E-state index < -0.39 is 0 Å². The first kappa shape index (κ1) is 12.6. The highest BCUT2D eigenvalue weighted by molar-refractivity contribution is 5.09. The van der Waals surface area contributed by atoms with Crippen molar-refractivity contribution in [2.24, 2.45) is 5.41 Å². The Bertz CT molecular complexity index is 354. The molecule has 0 spiro atoms. The summed E-state index contributed by atoms with van der Waals surface area (Å²) in [6.45, 7) is 6.49. The molecule has 1 aromatic heterocycles. The van der Waals surface area contributed by atoms with Gasteiger partial charge in [0.05, 0.1) is 5.69 Å². The van der Waals surface area contributed by atoms with E-state index in [1.54, 1.807) is 0 Å². The van der Waals surface area contributed by atoms with Gasteiger partial charge >= 0.3 is 0 Å². The summed E-state index contributed by atoms with van der Waals surface area (Å²) in [6, 6.07) is 6.23. The Morgan fingerprint density at radius 2 is 2.00 bits per heavy atom. The van der Waals surface area contributed by atoms with Crippen LogP contribution in [-0.2, 0) is 6.54 Å². The van der Waals surface area contributed by atoms with Crippen LogP contribution in [0.2, 0.25) is 0 Å². The molecular formula is C15H24N2. The van der Waals surface area contributed by atoms with Gasteiger partial charge < -0.3 is 5.32 Å². The van der Waals surface area contributed by atoms with E-state index in [9.17, 15) is 0 Å². The summed E-state index contributed by atoms with van der Waals surface area (Å²) in [5.74, 6) is 0. The summed E-state index contributed by atoms with van der Waals surface area (Å²) in [6.07, 6.45) is 6.99. The molecule has 1 N–H and O–H groups in total. The van der Waals surface area contributed by atoms with Gasteiger partial charge in [-0.15, -0.1) is 0 Å². The molecular weight excluding hydrogens is 208 g/mol. The third-order valence-electron chi connectivity index (χ3n) is 3.86. The van der Waals surface area contributed by atoms with Crippen molar-refractivity contribution in [3.8, 4) is 0 Å². The van der Waals surface area contributed by atoms with Gasteiger partial charge in [-0.2, -0.15) is 0 Å². The number of hydrogen-bond donors (Lipinski definition) is 1. The largest absolute Gasteiger partial charge is 0.311 e. The fourth-order valence-corrected chi connectivity index (χ4v) is 2.77. The standard InChI is InChI=1S/C15H24N2/c1-13-7-6-8-14(17-13)11-16-12-15(2)9-4-3-5-10-15/h6-8,16H,3-5,9-12H2,1-2H3. The van der Waals surface area contributed by atoms with Gasteiger partial charge in [0, 0.05) is 18.8 Å². The predicted molar refractivity (Wildman–Crippen MR) is 71.9 cm³/mol. The zero-order valence-electron chi connectivity index (χ0n) is 11.1. The van der Waals surface area contributed by atoms with Gasteiger partial charge in [0.15, 0.2) is 0 Å². The van der Waals surface area contributed by atoms with Crippen LogP contribution in [0.5, 0.6) is 0 Å². The Hall–Kier alpha value is -0.890. The van der Waals surface area contributed by atoms with E-state index in [4.69, 9.17) is 0 Å². The smallest absolute Gasteiger partial charge is 0.0544 e. The second kappa shape index (κ2) is 5.63. The van der Waals surface area contributed by atoms with E-state index in [0.717, 1.165) is 24.5 Å². The molecule has 1 aliphatic carbocycles. The average molecular weight is 232 g/mol. The lowest BCUT2D eigenvalue weighted by Gasteiger charge is -2.33. The molecule has 2 rings (SSSR count). The van der Waals surface area contributed by atoms with Gasteiger partial charge in [-0.05, 0) is 37.3 Å². The van der Waals surface area contributed by atoms with Crippen molar-refractivity contribution < 1.29 is 0 Å². The van der Waals surface area contributed by atoms with Crippen molar-refractivity contribution in [2.75, 3.05) is 6.54 Å². The zero-order valence-corrected chi connectivity index (χ0v) is 11.1. The van der Waals surface area contributed by atoms with Gasteiger partial charge in [0.2, 0.25) is 0 Å². The molecule has 0 bridgehead atoms. The lowest BCUT2D eigenvalue weighted by atomic mass is 9.76. The van der Waals surface area contributed by atoms with E-state index in [0.29, 0.717) is 5.41 Å². The minimum absolute atomic E-state index is 0.516. The minimum Gasteiger partial charge on any atom is -0.311 e. The summed E-state index contributed by atoms with van der Waals surface area (Å²) < 4.78 is 0. The molecule has 0 saturated heterocycles. The Balaban J connectivity index is 1.79. The second-order valence-electron chi connectivity index (χ2n) is 5.75. The lowest BCUT2D eigenvalue weighted by molar-refractivity contribution is 0.207. The monoisotopic (exact) mass is 232 g/mol. The first-order valence-corrected chi connectivity index (χ1v) is 6.81. The normalized spacial score (nSPS) is 19.2. The first-order chi connectivity index (χ1) is 8.18. The highest BCUT2D eigenvalue weighted by Crippen LogP contribution is 2.34. The first-order valence-electron chi connectivity index (χ1n) is 6.81. The quantitative estimate of drug-likeness (QED) is 0.860. The number of rotatable bonds is 4. The van der Waals surface area contributed by atoms with E-state index in [1.165, 1.54) is 32.1 Å². The maximum absolute atomic E-state index is 4.52. The van der Waals surface area contributed by atoms with Gasteiger partial charge in [0.1, 0.15) is 0 Å². The maximum Gasteiger partial charge on any atom is 0.0544 e. The molecule has 0 aromatic carbocycles. The number of aryl methyl sites for hydroxylation is 1. The molecule has 1 saturated carbocycles. The van der Waals surface area contributed by atoms with E-state index in [1.807, 2.05) is 13.0 Å². The Morgan fingerprint density at radius 1 is 1.24 bits per heavy atom. The molecule has 0 atom stereocenters. The fourth-order valence-electron chi connectivity index (χ4n) is 2.77. The molecule has 2 heteroatoms. The lowest BCUT2D eigenvalue weighted by Crippen LogP contribution is -2.33. The van der Waals surface area contributed by atoms with Crippen molar-refractivity contribution in [3.63, 3.8) is 0 Å². The van der Waals surface area contributed by atoms with E-state index in [2.05, 4.69) is 29.4 Å².